The van der Waals surface area contributed by atoms with E-state index in [1.54, 1.807) is 40.0 Å². The first-order chi connectivity index (χ1) is 12.8. The molecule has 0 aromatic carbocycles. The number of hydrogen-bond acceptors (Lipinski definition) is 9. The number of methoxy groups -OCH3 is 2. The van der Waals surface area contributed by atoms with Gasteiger partial charge in [-0.1, -0.05) is 0 Å². The smallest absolute Gasteiger partial charge is 0.407 e. The zero-order valence-corrected chi connectivity index (χ0v) is 16.2. The van der Waals surface area contributed by atoms with Crippen LogP contribution in [0.5, 0.6) is 11.8 Å². The summed E-state index contributed by atoms with van der Waals surface area (Å²) in [6.45, 7) is 6.10. The molecule has 0 unspecified atom stereocenters. The van der Waals surface area contributed by atoms with Crippen molar-refractivity contribution in [2.75, 3.05) is 14.2 Å². The number of alkyl carbamates (subject to hydrolysis) is 1. The number of carbonyl (C=O) groups is 1. The van der Waals surface area contributed by atoms with Crippen LogP contribution in [0.2, 0.25) is 0 Å². The molecule has 0 radical (unpaired) electrons. The fourth-order valence-electron chi connectivity index (χ4n) is 1.66. The first kappa shape index (κ1) is 22.0. The molecule has 0 spiro atoms. The fourth-order valence-corrected chi connectivity index (χ4v) is 1.66. The monoisotopic (exact) mass is 378 g/mol. The van der Waals surface area contributed by atoms with Crippen molar-refractivity contribution in [1.29, 1.82) is 0 Å². The van der Waals surface area contributed by atoms with Crippen LogP contribution >= 0.6 is 0 Å². The Hall–Kier alpha value is -3.01. The minimum absolute atomic E-state index is 0.272. The normalized spacial score (nSPS) is 10.3. The SMILES string of the molecule is COc1cc(CN)ncn1.COc1cc(CNC(=O)OC(C)(C)C)ncn1. The maximum Gasteiger partial charge on any atom is 0.407 e. The van der Waals surface area contributed by atoms with Crippen molar-refractivity contribution in [1.82, 2.24) is 25.3 Å². The molecule has 1 amide bonds. The molecule has 148 valence electrons. The summed E-state index contributed by atoms with van der Waals surface area (Å²) in [5.74, 6) is 1.01. The van der Waals surface area contributed by atoms with Crippen LogP contribution in [0.4, 0.5) is 4.79 Å². The highest BCUT2D eigenvalue weighted by Crippen LogP contribution is 2.08. The van der Waals surface area contributed by atoms with Gasteiger partial charge in [0, 0.05) is 18.7 Å². The van der Waals surface area contributed by atoms with Gasteiger partial charge in [0.25, 0.3) is 0 Å². The average molecular weight is 378 g/mol. The molecule has 10 nitrogen and oxygen atoms in total. The quantitative estimate of drug-likeness (QED) is 0.792. The van der Waals surface area contributed by atoms with E-state index in [0.29, 0.717) is 24.0 Å². The summed E-state index contributed by atoms with van der Waals surface area (Å²) in [5.41, 5.74) is 6.26. The lowest BCUT2D eigenvalue weighted by Gasteiger charge is -2.19. The third-order valence-corrected chi connectivity index (χ3v) is 2.84. The predicted molar refractivity (Wildman–Crippen MR) is 98.1 cm³/mol. The number of nitrogens with two attached hydrogens (primary N) is 1. The second kappa shape index (κ2) is 10.9. The summed E-state index contributed by atoms with van der Waals surface area (Å²) < 4.78 is 14.9. The number of hydrogen-bond donors (Lipinski definition) is 2. The van der Waals surface area contributed by atoms with Crippen LogP contribution in [0.15, 0.2) is 24.8 Å². The Balaban J connectivity index is 0.000000309. The molecule has 3 N–H and O–H groups in total. The van der Waals surface area contributed by atoms with Crippen molar-refractivity contribution in [2.45, 2.75) is 39.5 Å². The first-order valence-corrected chi connectivity index (χ1v) is 8.14. The fraction of sp³-hybridized carbons (Fsp3) is 0.471. The van der Waals surface area contributed by atoms with Gasteiger partial charge in [0.15, 0.2) is 0 Å². The Labute approximate surface area is 158 Å². The van der Waals surface area contributed by atoms with Gasteiger partial charge < -0.3 is 25.3 Å². The maximum absolute atomic E-state index is 11.4. The van der Waals surface area contributed by atoms with Crippen molar-refractivity contribution >= 4 is 6.09 Å². The van der Waals surface area contributed by atoms with E-state index in [1.165, 1.54) is 19.8 Å². The highest BCUT2D eigenvalue weighted by Gasteiger charge is 2.15. The van der Waals surface area contributed by atoms with Crippen LogP contribution in [0.3, 0.4) is 0 Å². The van der Waals surface area contributed by atoms with Gasteiger partial charge in [-0.15, -0.1) is 0 Å². The second-order valence-corrected chi connectivity index (χ2v) is 6.16. The summed E-state index contributed by atoms with van der Waals surface area (Å²) in [4.78, 5) is 26.9. The third kappa shape index (κ3) is 9.31. The molecule has 2 aromatic heterocycles. The van der Waals surface area contributed by atoms with Gasteiger partial charge in [-0.3, -0.25) is 0 Å². The molecule has 0 fully saturated rings. The first-order valence-electron chi connectivity index (χ1n) is 8.14. The van der Waals surface area contributed by atoms with Gasteiger partial charge in [-0.2, -0.15) is 0 Å². The van der Waals surface area contributed by atoms with Crippen molar-refractivity contribution in [3.63, 3.8) is 0 Å². The lowest BCUT2D eigenvalue weighted by molar-refractivity contribution is 0.0523. The van der Waals surface area contributed by atoms with E-state index in [-0.39, 0.29) is 6.54 Å². The summed E-state index contributed by atoms with van der Waals surface area (Å²) in [7, 11) is 3.08. The van der Waals surface area contributed by atoms with E-state index < -0.39 is 11.7 Å². The Bertz CT molecular complexity index is 701. The largest absolute Gasteiger partial charge is 0.481 e. The highest BCUT2D eigenvalue weighted by atomic mass is 16.6. The molecular weight excluding hydrogens is 352 g/mol. The molecule has 0 aliphatic carbocycles. The number of nitrogens with one attached hydrogen (secondary N) is 1. The molecule has 27 heavy (non-hydrogen) atoms. The lowest BCUT2D eigenvalue weighted by Crippen LogP contribution is -2.32. The summed E-state index contributed by atoms with van der Waals surface area (Å²) in [6, 6.07) is 3.36. The van der Waals surface area contributed by atoms with Crippen LogP contribution in [0, 0.1) is 0 Å². The molecule has 0 atom stereocenters. The van der Waals surface area contributed by atoms with Gasteiger partial charge in [-0.05, 0) is 20.8 Å². The van der Waals surface area contributed by atoms with Gasteiger partial charge in [-0.25, -0.2) is 24.7 Å². The number of amides is 1. The number of aromatic nitrogens is 4. The van der Waals surface area contributed by atoms with E-state index >= 15 is 0 Å². The molecule has 0 saturated heterocycles. The van der Waals surface area contributed by atoms with E-state index in [4.69, 9.17) is 19.9 Å². The van der Waals surface area contributed by atoms with Crippen LogP contribution < -0.4 is 20.5 Å². The maximum atomic E-state index is 11.4. The molecule has 0 bridgehead atoms. The van der Waals surface area contributed by atoms with Gasteiger partial charge in [0.1, 0.15) is 18.3 Å². The molecule has 0 aliphatic heterocycles. The zero-order valence-electron chi connectivity index (χ0n) is 16.2. The molecule has 2 rings (SSSR count). The topological polar surface area (TPSA) is 134 Å². The van der Waals surface area contributed by atoms with E-state index in [1.807, 2.05) is 0 Å². The van der Waals surface area contributed by atoms with Crippen LogP contribution in [-0.2, 0) is 17.8 Å². The molecular formula is C17H26N6O4. The number of carbonyl (C=O) groups excluding carboxylic acids is 1. The van der Waals surface area contributed by atoms with Crippen LogP contribution in [0.25, 0.3) is 0 Å². The Kier molecular flexibility index (Phi) is 8.86. The van der Waals surface area contributed by atoms with Crippen molar-refractivity contribution in [2.24, 2.45) is 5.73 Å². The lowest BCUT2D eigenvalue weighted by atomic mass is 10.2. The van der Waals surface area contributed by atoms with E-state index in [9.17, 15) is 4.79 Å². The summed E-state index contributed by atoms with van der Waals surface area (Å²) in [5, 5.41) is 2.60. The van der Waals surface area contributed by atoms with E-state index in [2.05, 4.69) is 25.3 Å². The Morgan fingerprint density at radius 2 is 1.52 bits per heavy atom. The minimum atomic E-state index is -0.507. The molecule has 2 heterocycles. The van der Waals surface area contributed by atoms with Crippen molar-refractivity contribution in [3.05, 3.63) is 36.2 Å². The summed E-state index contributed by atoms with van der Waals surface area (Å²) >= 11 is 0. The standard InChI is InChI=1S/C11H17N3O3.C6H9N3O/c1-11(2,3)17-10(15)12-6-8-5-9(16-4)14-7-13-8;1-10-6-2-5(3-7)8-4-9-6/h5,7H,6H2,1-4H3,(H,12,15);2,4H,3,7H2,1H3. The third-order valence-electron chi connectivity index (χ3n) is 2.84. The molecule has 10 heteroatoms. The van der Waals surface area contributed by atoms with Gasteiger partial charge >= 0.3 is 6.09 Å². The van der Waals surface area contributed by atoms with Crippen LogP contribution in [-0.4, -0.2) is 45.8 Å². The van der Waals surface area contributed by atoms with Gasteiger partial charge in [0.2, 0.25) is 11.8 Å². The van der Waals surface area contributed by atoms with Crippen molar-refractivity contribution < 1.29 is 19.0 Å². The number of ether oxygens (including phenoxy) is 3. The molecule has 2 aromatic rings. The van der Waals surface area contributed by atoms with Gasteiger partial charge in [0.05, 0.1) is 32.2 Å². The minimum Gasteiger partial charge on any atom is -0.481 e. The number of rotatable bonds is 5. The summed E-state index contributed by atoms with van der Waals surface area (Å²) in [6.07, 6.45) is 2.33. The Morgan fingerprint density at radius 1 is 1.00 bits per heavy atom. The average Bonchev–Trinajstić information content (AvgIpc) is 2.65. The Morgan fingerprint density at radius 3 is 2.00 bits per heavy atom. The highest BCUT2D eigenvalue weighted by molar-refractivity contribution is 5.67. The van der Waals surface area contributed by atoms with E-state index in [0.717, 1.165) is 5.69 Å². The second-order valence-electron chi connectivity index (χ2n) is 6.16. The molecule has 0 aliphatic rings. The number of nitrogens with zero attached hydrogens (tertiary/aromatic N) is 4. The predicted octanol–water partition coefficient (Wildman–Crippen LogP) is 1.45. The molecule has 0 saturated carbocycles. The van der Waals surface area contributed by atoms with Crippen molar-refractivity contribution in [3.8, 4) is 11.8 Å². The van der Waals surface area contributed by atoms with Crippen LogP contribution in [0.1, 0.15) is 32.2 Å². The zero-order chi connectivity index (χ0) is 20.3.